The van der Waals surface area contributed by atoms with Crippen molar-refractivity contribution in [3.8, 4) is 33.4 Å². The number of ether oxygens (including phenoxy) is 4. The fourth-order valence-electron chi connectivity index (χ4n) is 2.95. The van der Waals surface area contributed by atoms with Gasteiger partial charge in [0.05, 0.1) is 29.8 Å². The number of carbonyl (C=O) groups excluding carboxylic acids is 1. The monoisotopic (exact) mass is 431 g/mol. The van der Waals surface area contributed by atoms with Crippen molar-refractivity contribution in [2.24, 2.45) is 0 Å². The Kier molecular flexibility index (Phi) is 5.51. The van der Waals surface area contributed by atoms with Crippen molar-refractivity contribution in [1.29, 1.82) is 0 Å². The second kappa shape index (κ2) is 8.23. The molecule has 0 unspecified atom stereocenters. The summed E-state index contributed by atoms with van der Waals surface area (Å²) >= 11 is 7.56. The number of methoxy groups -OCH3 is 2. The van der Waals surface area contributed by atoms with E-state index >= 15 is 0 Å². The number of rotatable bonds is 5. The summed E-state index contributed by atoms with van der Waals surface area (Å²) in [4.78, 5) is 14.3. The van der Waals surface area contributed by atoms with E-state index in [1.807, 2.05) is 24.3 Å². The zero-order valence-corrected chi connectivity index (χ0v) is 17.4. The maximum atomic E-state index is 12.8. The van der Waals surface area contributed by atoms with E-state index in [1.165, 1.54) is 25.6 Å². The third-order valence-electron chi connectivity index (χ3n) is 4.38. The van der Waals surface area contributed by atoms with Gasteiger partial charge < -0.3 is 24.3 Å². The molecule has 6 nitrogen and oxygen atoms in total. The Bertz CT molecular complexity index is 1070. The molecule has 150 valence electrons. The van der Waals surface area contributed by atoms with Crippen molar-refractivity contribution in [3.05, 3.63) is 52.4 Å². The molecule has 0 aliphatic carbocycles. The number of benzene rings is 2. The van der Waals surface area contributed by atoms with Gasteiger partial charge in [-0.1, -0.05) is 11.6 Å². The van der Waals surface area contributed by atoms with Gasteiger partial charge in [-0.3, -0.25) is 4.79 Å². The molecule has 2 heterocycles. The van der Waals surface area contributed by atoms with Crippen LogP contribution in [0.25, 0.3) is 10.4 Å². The molecular weight excluding hydrogens is 414 g/mol. The molecule has 1 aliphatic heterocycles. The van der Waals surface area contributed by atoms with E-state index in [0.717, 1.165) is 16.2 Å². The van der Waals surface area contributed by atoms with E-state index in [9.17, 15) is 4.79 Å². The molecular formula is C21H18ClNO5S. The van der Waals surface area contributed by atoms with E-state index in [4.69, 9.17) is 30.5 Å². The molecule has 8 heteroatoms. The van der Waals surface area contributed by atoms with Gasteiger partial charge in [0.25, 0.3) is 5.91 Å². The van der Waals surface area contributed by atoms with Gasteiger partial charge in [0.2, 0.25) is 0 Å². The fraction of sp³-hybridized carbons (Fsp3) is 0.190. The van der Waals surface area contributed by atoms with Crippen molar-refractivity contribution in [2.45, 2.75) is 0 Å². The third kappa shape index (κ3) is 3.97. The number of anilines is 1. The Morgan fingerprint density at radius 3 is 2.52 bits per heavy atom. The molecule has 1 aromatic heterocycles. The van der Waals surface area contributed by atoms with Crippen LogP contribution in [0.15, 0.2) is 42.5 Å². The highest BCUT2D eigenvalue weighted by Gasteiger charge is 2.17. The molecule has 4 rings (SSSR count). The zero-order chi connectivity index (χ0) is 20.4. The van der Waals surface area contributed by atoms with Crippen LogP contribution in [0.3, 0.4) is 0 Å². The van der Waals surface area contributed by atoms with Gasteiger partial charge >= 0.3 is 0 Å². The molecule has 3 aromatic rings. The van der Waals surface area contributed by atoms with Gasteiger partial charge in [0, 0.05) is 10.9 Å². The zero-order valence-electron chi connectivity index (χ0n) is 15.8. The minimum Gasteiger partial charge on any atom is -0.495 e. The molecule has 0 bridgehead atoms. The first-order chi connectivity index (χ1) is 14.1. The van der Waals surface area contributed by atoms with Crippen LogP contribution < -0.4 is 24.3 Å². The minimum absolute atomic E-state index is 0.252. The summed E-state index contributed by atoms with van der Waals surface area (Å²) in [6, 6.07) is 12.7. The number of halogens is 1. The van der Waals surface area contributed by atoms with Crippen LogP contribution in [0.4, 0.5) is 5.69 Å². The highest BCUT2D eigenvalue weighted by atomic mass is 35.5. The Labute approximate surface area is 176 Å². The fourth-order valence-corrected chi connectivity index (χ4v) is 4.09. The summed E-state index contributed by atoms with van der Waals surface area (Å²) in [6.07, 6.45) is 0. The van der Waals surface area contributed by atoms with Crippen LogP contribution in [0.1, 0.15) is 9.67 Å². The Morgan fingerprint density at radius 2 is 1.76 bits per heavy atom. The lowest BCUT2D eigenvalue weighted by Gasteiger charge is -2.18. The van der Waals surface area contributed by atoms with Crippen molar-refractivity contribution in [3.63, 3.8) is 0 Å². The molecule has 0 spiro atoms. The van der Waals surface area contributed by atoms with Crippen molar-refractivity contribution >= 4 is 34.5 Å². The Balaban J connectivity index is 1.56. The molecule has 1 amide bonds. The number of amides is 1. The summed E-state index contributed by atoms with van der Waals surface area (Å²) in [5, 5.41) is 3.23. The molecule has 1 aliphatic rings. The molecule has 0 saturated heterocycles. The molecule has 29 heavy (non-hydrogen) atoms. The van der Waals surface area contributed by atoms with Gasteiger partial charge in [-0.05, 0) is 42.0 Å². The largest absolute Gasteiger partial charge is 0.495 e. The summed E-state index contributed by atoms with van der Waals surface area (Å²) in [7, 11) is 3.04. The molecule has 0 radical (unpaired) electrons. The van der Waals surface area contributed by atoms with E-state index in [-0.39, 0.29) is 5.91 Å². The van der Waals surface area contributed by atoms with E-state index < -0.39 is 0 Å². The van der Waals surface area contributed by atoms with Crippen LogP contribution in [-0.4, -0.2) is 33.3 Å². The number of fused-ring (bicyclic) bond motifs is 1. The summed E-state index contributed by atoms with van der Waals surface area (Å²) in [5.74, 6) is 2.13. The Hall–Kier alpha value is -2.90. The number of thiophene rings is 1. The lowest BCUT2D eigenvalue weighted by Crippen LogP contribution is -2.15. The maximum Gasteiger partial charge on any atom is 0.265 e. The summed E-state index contributed by atoms with van der Waals surface area (Å²) in [6.45, 7) is 1.08. The summed E-state index contributed by atoms with van der Waals surface area (Å²) in [5.41, 5.74) is 1.43. The molecule has 0 fully saturated rings. The lowest BCUT2D eigenvalue weighted by atomic mass is 10.1. The van der Waals surface area contributed by atoms with Crippen molar-refractivity contribution in [1.82, 2.24) is 0 Å². The van der Waals surface area contributed by atoms with E-state index in [2.05, 4.69) is 5.32 Å². The standard InChI is InChI=1S/C21H18ClNO5S/c1-25-16-11-17(26-2)14(10-13(16)22)23-21(24)20-6-5-19(29-20)12-3-4-15-18(9-12)28-8-7-27-15/h3-6,9-11H,7-8H2,1-2H3,(H,23,24). The highest BCUT2D eigenvalue weighted by Crippen LogP contribution is 2.38. The van der Waals surface area contributed by atoms with E-state index in [1.54, 1.807) is 18.2 Å². The minimum atomic E-state index is -0.252. The quantitative estimate of drug-likeness (QED) is 0.608. The predicted molar refractivity (Wildman–Crippen MR) is 113 cm³/mol. The van der Waals surface area contributed by atoms with Gasteiger partial charge in [-0.25, -0.2) is 0 Å². The second-order valence-electron chi connectivity index (χ2n) is 6.16. The first kappa shape index (κ1) is 19.4. The van der Waals surface area contributed by atoms with Crippen molar-refractivity contribution < 1.29 is 23.7 Å². The number of hydrogen-bond acceptors (Lipinski definition) is 6. The number of carbonyl (C=O) groups is 1. The van der Waals surface area contributed by atoms with Gasteiger partial charge in [-0.2, -0.15) is 0 Å². The van der Waals surface area contributed by atoms with Crippen LogP contribution in [-0.2, 0) is 0 Å². The van der Waals surface area contributed by atoms with Gasteiger partial charge in [0.1, 0.15) is 24.7 Å². The molecule has 2 aromatic carbocycles. The van der Waals surface area contributed by atoms with Crippen LogP contribution >= 0.6 is 22.9 Å². The molecule has 0 atom stereocenters. The number of hydrogen-bond donors (Lipinski definition) is 1. The van der Waals surface area contributed by atoms with Crippen LogP contribution in [0.5, 0.6) is 23.0 Å². The van der Waals surface area contributed by atoms with Gasteiger partial charge in [0.15, 0.2) is 11.5 Å². The smallest absolute Gasteiger partial charge is 0.265 e. The van der Waals surface area contributed by atoms with E-state index in [0.29, 0.717) is 46.0 Å². The van der Waals surface area contributed by atoms with Crippen LogP contribution in [0.2, 0.25) is 5.02 Å². The number of nitrogens with one attached hydrogen (secondary N) is 1. The van der Waals surface area contributed by atoms with Gasteiger partial charge in [-0.15, -0.1) is 11.3 Å². The van der Waals surface area contributed by atoms with Crippen LogP contribution in [0, 0.1) is 0 Å². The topological polar surface area (TPSA) is 66.0 Å². The normalized spacial score (nSPS) is 12.4. The second-order valence-corrected chi connectivity index (χ2v) is 7.65. The van der Waals surface area contributed by atoms with Crippen molar-refractivity contribution in [2.75, 3.05) is 32.8 Å². The predicted octanol–water partition coefficient (Wildman–Crippen LogP) is 5.11. The summed E-state index contributed by atoms with van der Waals surface area (Å²) < 4.78 is 21.7. The average molecular weight is 432 g/mol. The first-order valence-corrected chi connectivity index (χ1v) is 10.0. The average Bonchev–Trinajstić information content (AvgIpc) is 3.24. The molecule has 1 N–H and O–H groups in total. The molecule has 0 saturated carbocycles. The maximum absolute atomic E-state index is 12.8. The lowest BCUT2D eigenvalue weighted by molar-refractivity contribution is 0.103. The first-order valence-electron chi connectivity index (χ1n) is 8.82. The Morgan fingerprint density at radius 1 is 1.00 bits per heavy atom. The SMILES string of the molecule is COc1cc(OC)c(NC(=O)c2ccc(-c3ccc4c(c3)OCCO4)s2)cc1Cl. The highest BCUT2D eigenvalue weighted by molar-refractivity contribution is 7.17. The third-order valence-corrected chi connectivity index (χ3v) is 5.81.